The van der Waals surface area contributed by atoms with E-state index in [0.717, 1.165) is 24.9 Å². The molecule has 4 rings (SSSR count). The molecule has 2 fully saturated rings. The molecular weight excluding hydrogens is 466 g/mol. The van der Waals surface area contributed by atoms with Crippen LogP contribution in [0.2, 0.25) is 0 Å². The molecule has 7 unspecified atom stereocenters. The first-order chi connectivity index (χ1) is 17.0. The number of amides is 1. The van der Waals surface area contributed by atoms with Crippen LogP contribution in [0.25, 0.3) is 0 Å². The summed E-state index contributed by atoms with van der Waals surface area (Å²) in [6.07, 6.45) is 1.02. The van der Waals surface area contributed by atoms with Crippen molar-refractivity contribution in [3.8, 4) is 5.75 Å². The number of aromatic hydroxyl groups is 1. The van der Waals surface area contributed by atoms with Gasteiger partial charge >= 0.3 is 0 Å². The van der Waals surface area contributed by atoms with E-state index in [1.54, 1.807) is 20.2 Å². The summed E-state index contributed by atoms with van der Waals surface area (Å²) in [5, 5.41) is 21.6. The lowest BCUT2D eigenvalue weighted by Crippen LogP contribution is -2.58. The Labute approximate surface area is 209 Å². The standard InChI is InChI=1S/C26H33N3O7/c1-28(2)21(22(32)16(11-30)26(27)36)15-9-14-8-13-7-12(17-5-4-6-29(17)3)10-18(31)19(13)24(34)20(14)25(35)23(15)33/h7,10-11,14-17,20-22,31-32H,4-6,8-9H2,1-3H3,(H2,27,36). The van der Waals surface area contributed by atoms with E-state index in [-0.39, 0.29) is 30.1 Å². The number of benzene rings is 1. The van der Waals surface area contributed by atoms with Gasteiger partial charge < -0.3 is 25.6 Å². The lowest BCUT2D eigenvalue weighted by atomic mass is 9.62. The van der Waals surface area contributed by atoms with Gasteiger partial charge in [-0.25, -0.2) is 0 Å². The maximum Gasteiger partial charge on any atom is 0.230 e. The monoisotopic (exact) mass is 499 g/mol. The van der Waals surface area contributed by atoms with Crippen molar-refractivity contribution in [2.75, 3.05) is 27.7 Å². The number of primary amides is 1. The summed E-state index contributed by atoms with van der Waals surface area (Å²) >= 11 is 0. The number of aldehydes is 1. The predicted molar refractivity (Wildman–Crippen MR) is 128 cm³/mol. The van der Waals surface area contributed by atoms with Crippen LogP contribution in [0.4, 0.5) is 0 Å². The summed E-state index contributed by atoms with van der Waals surface area (Å²) in [5.74, 6) is -7.77. The zero-order chi connectivity index (χ0) is 26.5. The molecule has 1 heterocycles. The molecule has 4 N–H and O–H groups in total. The minimum absolute atomic E-state index is 0.0965. The molecule has 0 bridgehead atoms. The van der Waals surface area contributed by atoms with Crippen molar-refractivity contribution < 1.29 is 34.2 Å². The second kappa shape index (κ2) is 9.84. The number of ketones is 3. The van der Waals surface area contributed by atoms with E-state index in [1.165, 1.54) is 4.90 Å². The fourth-order valence-electron chi connectivity index (χ4n) is 6.50. The minimum Gasteiger partial charge on any atom is -0.507 e. The van der Waals surface area contributed by atoms with E-state index < -0.39 is 59.1 Å². The van der Waals surface area contributed by atoms with Gasteiger partial charge in [-0.05, 0) is 76.5 Å². The summed E-state index contributed by atoms with van der Waals surface area (Å²) in [4.78, 5) is 66.7. The highest BCUT2D eigenvalue weighted by Crippen LogP contribution is 2.45. The van der Waals surface area contributed by atoms with Gasteiger partial charge in [0.1, 0.15) is 18.0 Å². The SMILES string of the molecule is CN(C)C(C1CC2Cc3cc(C4CCCN4C)cc(O)c3C(=O)C2C(=O)C1=O)C(O)C(C=O)C(N)=O. The van der Waals surface area contributed by atoms with Gasteiger partial charge in [-0.3, -0.25) is 24.1 Å². The Bertz CT molecular complexity index is 1120. The molecule has 1 saturated heterocycles. The molecule has 0 spiro atoms. The molecule has 0 radical (unpaired) electrons. The van der Waals surface area contributed by atoms with E-state index in [1.807, 2.05) is 13.1 Å². The third-order valence-electron chi connectivity index (χ3n) is 8.23. The number of nitrogens with two attached hydrogens (primary N) is 1. The van der Waals surface area contributed by atoms with Gasteiger partial charge in [-0.15, -0.1) is 0 Å². The zero-order valence-corrected chi connectivity index (χ0v) is 20.7. The number of carbonyl (C=O) groups excluding carboxylic acids is 5. The number of phenols is 1. The van der Waals surface area contributed by atoms with Crippen molar-refractivity contribution in [2.24, 2.45) is 29.4 Å². The molecule has 1 aromatic carbocycles. The third-order valence-corrected chi connectivity index (χ3v) is 8.23. The lowest BCUT2D eigenvalue weighted by molar-refractivity contribution is -0.149. The normalized spacial score (nSPS) is 29.0. The minimum atomic E-state index is -1.60. The first-order valence-electron chi connectivity index (χ1n) is 12.2. The van der Waals surface area contributed by atoms with Crippen LogP contribution in [0.5, 0.6) is 5.75 Å². The number of carbonyl (C=O) groups is 5. The molecule has 10 nitrogen and oxygen atoms in total. The van der Waals surface area contributed by atoms with Crippen molar-refractivity contribution in [2.45, 2.75) is 43.9 Å². The Balaban J connectivity index is 1.70. The van der Waals surface area contributed by atoms with Crippen LogP contribution < -0.4 is 5.73 Å². The number of phenolic OH excluding ortho intramolecular Hbond substituents is 1. The molecular formula is C26H33N3O7. The van der Waals surface area contributed by atoms with Crippen molar-refractivity contribution in [1.29, 1.82) is 0 Å². The van der Waals surface area contributed by atoms with Crippen LogP contribution >= 0.6 is 0 Å². The molecule has 36 heavy (non-hydrogen) atoms. The summed E-state index contributed by atoms with van der Waals surface area (Å²) in [6, 6.07) is 2.59. The Morgan fingerprint density at radius 2 is 1.89 bits per heavy atom. The Kier molecular flexibility index (Phi) is 7.14. The summed E-state index contributed by atoms with van der Waals surface area (Å²) < 4.78 is 0. The van der Waals surface area contributed by atoms with Gasteiger partial charge in [-0.1, -0.05) is 6.07 Å². The van der Waals surface area contributed by atoms with Gasteiger partial charge in [0.05, 0.1) is 17.6 Å². The van der Waals surface area contributed by atoms with E-state index in [4.69, 9.17) is 5.73 Å². The van der Waals surface area contributed by atoms with Crippen LogP contribution in [-0.4, -0.2) is 89.4 Å². The second-order valence-electron chi connectivity index (χ2n) is 10.6. The molecule has 1 aliphatic heterocycles. The molecule has 2 aliphatic carbocycles. The highest BCUT2D eigenvalue weighted by atomic mass is 16.3. The molecule has 0 aromatic heterocycles. The summed E-state index contributed by atoms with van der Waals surface area (Å²) in [5.41, 5.74) is 6.92. The van der Waals surface area contributed by atoms with Gasteiger partial charge in [0.25, 0.3) is 0 Å². The molecule has 1 aromatic rings. The Morgan fingerprint density at radius 3 is 2.44 bits per heavy atom. The van der Waals surface area contributed by atoms with E-state index >= 15 is 0 Å². The van der Waals surface area contributed by atoms with Gasteiger partial charge in [0.15, 0.2) is 5.78 Å². The number of aliphatic hydroxyl groups is 1. The van der Waals surface area contributed by atoms with Crippen molar-refractivity contribution in [3.63, 3.8) is 0 Å². The van der Waals surface area contributed by atoms with E-state index in [0.29, 0.717) is 12.0 Å². The third kappa shape index (κ3) is 4.27. The number of nitrogens with zero attached hydrogens (tertiary/aromatic N) is 2. The average molecular weight is 500 g/mol. The molecule has 1 saturated carbocycles. The fraction of sp³-hybridized carbons (Fsp3) is 0.577. The van der Waals surface area contributed by atoms with Crippen molar-refractivity contribution in [1.82, 2.24) is 9.80 Å². The maximum atomic E-state index is 13.4. The summed E-state index contributed by atoms with van der Waals surface area (Å²) in [7, 11) is 5.16. The average Bonchev–Trinajstić information content (AvgIpc) is 3.22. The van der Waals surface area contributed by atoms with Crippen molar-refractivity contribution in [3.05, 3.63) is 28.8 Å². The van der Waals surface area contributed by atoms with Crippen LogP contribution in [0, 0.1) is 23.7 Å². The molecule has 10 heteroatoms. The summed E-state index contributed by atoms with van der Waals surface area (Å²) in [6.45, 7) is 0.936. The van der Waals surface area contributed by atoms with Gasteiger partial charge in [0.2, 0.25) is 17.5 Å². The maximum absolute atomic E-state index is 13.4. The number of Topliss-reactive ketones (excluding diaryl/α,β-unsaturated/α-hetero) is 3. The number of rotatable bonds is 7. The first kappa shape index (κ1) is 26.1. The smallest absolute Gasteiger partial charge is 0.230 e. The van der Waals surface area contributed by atoms with Crippen molar-refractivity contribution >= 4 is 29.5 Å². The van der Waals surface area contributed by atoms with Crippen LogP contribution in [0.3, 0.4) is 0 Å². The lowest BCUT2D eigenvalue weighted by Gasteiger charge is -2.43. The van der Waals surface area contributed by atoms with E-state index in [2.05, 4.69) is 4.90 Å². The quantitative estimate of drug-likeness (QED) is 0.264. The molecule has 3 aliphatic rings. The Hall–Kier alpha value is -2.95. The highest BCUT2D eigenvalue weighted by molar-refractivity contribution is 6.44. The van der Waals surface area contributed by atoms with E-state index in [9.17, 15) is 34.2 Å². The van der Waals surface area contributed by atoms with Crippen LogP contribution in [-0.2, 0) is 25.6 Å². The number of likely N-dealkylation sites (tertiary alicyclic amines) is 1. The van der Waals surface area contributed by atoms with Crippen LogP contribution in [0.15, 0.2) is 12.1 Å². The van der Waals surface area contributed by atoms with Gasteiger partial charge in [0, 0.05) is 18.0 Å². The number of likely N-dealkylation sites (N-methyl/N-ethyl adjacent to an activating group) is 1. The Morgan fingerprint density at radius 1 is 1.19 bits per heavy atom. The molecule has 1 amide bonds. The molecule has 194 valence electrons. The predicted octanol–water partition coefficient (Wildman–Crippen LogP) is -0.120. The zero-order valence-electron chi connectivity index (χ0n) is 20.7. The van der Waals surface area contributed by atoms with Crippen LogP contribution in [0.1, 0.15) is 46.8 Å². The second-order valence-corrected chi connectivity index (χ2v) is 10.6. The largest absolute Gasteiger partial charge is 0.507 e. The fourth-order valence-corrected chi connectivity index (χ4v) is 6.50. The first-order valence-corrected chi connectivity index (χ1v) is 12.2. The van der Waals surface area contributed by atoms with Gasteiger partial charge in [-0.2, -0.15) is 0 Å². The number of hydrogen-bond donors (Lipinski definition) is 3. The molecule has 7 atom stereocenters. The number of hydrogen-bond acceptors (Lipinski definition) is 9. The number of fused-ring (bicyclic) bond motifs is 2. The topological polar surface area (TPSA) is 158 Å². The number of aliphatic hydroxyl groups excluding tert-OH is 1. The highest BCUT2D eigenvalue weighted by Gasteiger charge is 2.53.